The van der Waals surface area contributed by atoms with Gasteiger partial charge in [-0.2, -0.15) is 0 Å². The van der Waals surface area contributed by atoms with Crippen LogP contribution in [0.1, 0.15) is 21.1 Å². The maximum atomic E-state index is 12.4. The fraction of sp³-hybridized carbons (Fsp3) is 0.125. The number of hydrogen-bond donors (Lipinski definition) is 2. The number of carbonyl (C=O) groups excluding carboxylic acids is 1. The average Bonchev–Trinajstić information content (AvgIpc) is 2.98. The van der Waals surface area contributed by atoms with Crippen molar-refractivity contribution >= 4 is 68.1 Å². The number of benzene rings is 1. The van der Waals surface area contributed by atoms with Gasteiger partial charge in [0.25, 0.3) is 5.91 Å². The number of nitrogens with zero attached hydrogens (tertiary/aromatic N) is 3. The number of aryl methyl sites for hydroxylation is 2. The van der Waals surface area contributed by atoms with E-state index in [2.05, 4.69) is 48.2 Å². The summed E-state index contributed by atoms with van der Waals surface area (Å²) in [5.74, 6) is 1.05. The number of aromatic nitrogens is 3. The third-order valence-electron chi connectivity index (χ3n) is 3.23. The highest BCUT2D eigenvalue weighted by molar-refractivity contribution is 14.1. The molecule has 0 saturated carbocycles. The molecule has 6 nitrogen and oxygen atoms in total. The predicted molar refractivity (Wildman–Crippen MR) is 109 cm³/mol. The van der Waals surface area contributed by atoms with E-state index in [1.54, 1.807) is 6.07 Å². The Bertz CT molecular complexity index is 906. The summed E-state index contributed by atoms with van der Waals surface area (Å²) in [6.45, 7) is 3.71. The van der Waals surface area contributed by atoms with Crippen molar-refractivity contribution < 1.29 is 4.79 Å². The van der Waals surface area contributed by atoms with Gasteiger partial charge in [0.15, 0.2) is 5.13 Å². The molecule has 2 N–H and O–H groups in total. The SMILES string of the molecule is Cc1nc(I)cc(Nc2ncc(C(=O)Nc3c(C)cccc3Cl)s2)n1. The molecule has 2 heterocycles. The van der Waals surface area contributed by atoms with Crippen LogP contribution in [0.3, 0.4) is 0 Å². The smallest absolute Gasteiger partial charge is 0.267 e. The Hall–Kier alpha value is -1.78. The van der Waals surface area contributed by atoms with Crippen LogP contribution in [0.2, 0.25) is 5.02 Å². The van der Waals surface area contributed by atoms with Gasteiger partial charge in [-0.1, -0.05) is 35.1 Å². The highest BCUT2D eigenvalue weighted by Crippen LogP contribution is 2.27. The Morgan fingerprint density at radius 2 is 2.08 bits per heavy atom. The number of carbonyl (C=O) groups is 1. The molecule has 0 aliphatic rings. The van der Waals surface area contributed by atoms with Crippen molar-refractivity contribution in [3.05, 3.63) is 55.5 Å². The number of nitrogens with one attached hydrogen (secondary N) is 2. The van der Waals surface area contributed by atoms with Gasteiger partial charge in [0.2, 0.25) is 0 Å². The van der Waals surface area contributed by atoms with E-state index in [-0.39, 0.29) is 5.91 Å². The Morgan fingerprint density at radius 1 is 1.28 bits per heavy atom. The molecule has 0 bridgehead atoms. The minimum absolute atomic E-state index is 0.254. The molecule has 3 rings (SSSR count). The zero-order valence-corrected chi connectivity index (χ0v) is 17.0. The molecule has 2 aromatic heterocycles. The van der Waals surface area contributed by atoms with Crippen molar-refractivity contribution in [2.75, 3.05) is 10.6 Å². The lowest BCUT2D eigenvalue weighted by atomic mass is 10.2. The summed E-state index contributed by atoms with van der Waals surface area (Å²) in [5, 5.41) is 7.01. The normalized spacial score (nSPS) is 10.6. The lowest BCUT2D eigenvalue weighted by molar-refractivity contribution is 0.103. The van der Waals surface area contributed by atoms with Crippen molar-refractivity contribution in [3.63, 3.8) is 0 Å². The van der Waals surface area contributed by atoms with Crippen LogP contribution < -0.4 is 10.6 Å². The molecule has 0 aliphatic carbocycles. The van der Waals surface area contributed by atoms with Gasteiger partial charge in [0.1, 0.15) is 20.2 Å². The summed E-state index contributed by atoms with van der Waals surface area (Å²) in [7, 11) is 0. The van der Waals surface area contributed by atoms with Crippen LogP contribution in [0.5, 0.6) is 0 Å². The Kier molecular flexibility index (Phi) is 5.50. The number of thiazole rings is 1. The summed E-state index contributed by atoms with van der Waals surface area (Å²) < 4.78 is 0.830. The first-order chi connectivity index (χ1) is 11.9. The molecule has 0 unspecified atom stereocenters. The second kappa shape index (κ2) is 7.63. The van der Waals surface area contributed by atoms with Gasteiger partial charge < -0.3 is 10.6 Å². The summed E-state index contributed by atoms with van der Waals surface area (Å²) >= 11 is 9.51. The van der Waals surface area contributed by atoms with E-state index in [0.29, 0.717) is 32.4 Å². The van der Waals surface area contributed by atoms with Crippen molar-refractivity contribution in [3.8, 4) is 0 Å². The van der Waals surface area contributed by atoms with Crippen LogP contribution >= 0.6 is 45.5 Å². The summed E-state index contributed by atoms with van der Waals surface area (Å²) in [6.07, 6.45) is 1.52. The van der Waals surface area contributed by atoms with Crippen molar-refractivity contribution in [2.24, 2.45) is 0 Å². The molecule has 1 amide bonds. The van der Waals surface area contributed by atoms with E-state index in [0.717, 1.165) is 9.26 Å². The lowest BCUT2D eigenvalue weighted by Crippen LogP contribution is -2.11. The van der Waals surface area contributed by atoms with Crippen molar-refractivity contribution in [2.45, 2.75) is 13.8 Å². The zero-order valence-electron chi connectivity index (χ0n) is 13.3. The van der Waals surface area contributed by atoms with Gasteiger partial charge in [-0.3, -0.25) is 4.79 Å². The molecule has 3 aromatic rings. The van der Waals surface area contributed by atoms with Crippen LogP contribution in [-0.4, -0.2) is 20.9 Å². The lowest BCUT2D eigenvalue weighted by Gasteiger charge is -2.08. The van der Waals surface area contributed by atoms with Crippen LogP contribution in [0, 0.1) is 17.5 Å². The van der Waals surface area contributed by atoms with Gasteiger partial charge in [0, 0.05) is 6.07 Å². The third kappa shape index (κ3) is 4.44. The molecule has 9 heteroatoms. The molecular formula is C16H13ClIN5OS. The monoisotopic (exact) mass is 485 g/mol. The summed E-state index contributed by atoms with van der Waals surface area (Å²) in [6, 6.07) is 7.28. The number of anilines is 3. The first kappa shape index (κ1) is 18.0. The maximum absolute atomic E-state index is 12.4. The Morgan fingerprint density at radius 3 is 2.80 bits per heavy atom. The minimum Gasteiger partial charge on any atom is -0.320 e. The molecule has 0 fully saturated rings. The molecule has 128 valence electrons. The number of amides is 1. The largest absolute Gasteiger partial charge is 0.320 e. The molecule has 0 spiro atoms. The highest BCUT2D eigenvalue weighted by atomic mass is 127. The predicted octanol–water partition coefficient (Wildman–Crippen LogP) is 4.80. The standard InChI is InChI=1S/C16H13ClIN5OS/c1-8-4-3-5-10(17)14(8)23-15(24)11-7-19-16(25-11)22-13-6-12(18)20-9(2)21-13/h3-7H,1-2H3,(H,23,24)(H,19,20,21,22). The summed E-state index contributed by atoms with van der Waals surface area (Å²) in [5.41, 5.74) is 1.51. The highest BCUT2D eigenvalue weighted by Gasteiger charge is 2.14. The van der Waals surface area contributed by atoms with E-state index < -0.39 is 0 Å². The van der Waals surface area contributed by atoms with Gasteiger partial charge >= 0.3 is 0 Å². The Balaban J connectivity index is 1.75. The Labute approximate surface area is 167 Å². The summed E-state index contributed by atoms with van der Waals surface area (Å²) in [4.78, 5) is 25.7. The molecule has 0 aliphatic heterocycles. The number of rotatable bonds is 4. The van der Waals surface area contributed by atoms with E-state index in [1.807, 2.05) is 32.0 Å². The van der Waals surface area contributed by atoms with Crippen LogP contribution in [0.15, 0.2) is 30.5 Å². The number of para-hydroxylation sites is 1. The van der Waals surface area contributed by atoms with E-state index >= 15 is 0 Å². The van der Waals surface area contributed by atoms with Crippen LogP contribution in [0.25, 0.3) is 0 Å². The second-order valence-electron chi connectivity index (χ2n) is 5.16. The zero-order chi connectivity index (χ0) is 18.0. The van der Waals surface area contributed by atoms with Gasteiger partial charge in [0.05, 0.1) is 16.9 Å². The molecule has 0 radical (unpaired) electrons. The topological polar surface area (TPSA) is 79.8 Å². The quantitative estimate of drug-likeness (QED) is 0.410. The first-order valence-corrected chi connectivity index (χ1v) is 9.50. The van der Waals surface area contributed by atoms with E-state index in [4.69, 9.17) is 11.6 Å². The minimum atomic E-state index is -0.254. The molecule has 1 aromatic carbocycles. The van der Waals surface area contributed by atoms with Crippen molar-refractivity contribution in [1.29, 1.82) is 0 Å². The number of halogens is 2. The van der Waals surface area contributed by atoms with Crippen molar-refractivity contribution in [1.82, 2.24) is 15.0 Å². The number of hydrogen-bond acceptors (Lipinski definition) is 6. The fourth-order valence-corrected chi connectivity index (χ4v) is 3.74. The van der Waals surface area contributed by atoms with Gasteiger partial charge in [-0.05, 0) is 48.1 Å². The van der Waals surface area contributed by atoms with Gasteiger partial charge in [-0.15, -0.1) is 0 Å². The first-order valence-electron chi connectivity index (χ1n) is 7.23. The molecule has 25 heavy (non-hydrogen) atoms. The van der Waals surface area contributed by atoms with E-state index in [1.165, 1.54) is 17.5 Å². The van der Waals surface area contributed by atoms with Crippen LogP contribution in [-0.2, 0) is 0 Å². The van der Waals surface area contributed by atoms with Gasteiger partial charge in [-0.25, -0.2) is 15.0 Å². The van der Waals surface area contributed by atoms with Crippen LogP contribution in [0.4, 0.5) is 16.6 Å². The van der Waals surface area contributed by atoms with E-state index in [9.17, 15) is 4.79 Å². The fourth-order valence-electron chi connectivity index (χ4n) is 2.11. The average molecular weight is 486 g/mol. The third-order valence-corrected chi connectivity index (χ3v) is 5.01. The molecular weight excluding hydrogens is 473 g/mol. The molecule has 0 atom stereocenters. The second-order valence-corrected chi connectivity index (χ2v) is 7.71. The maximum Gasteiger partial charge on any atom is 0.267 e. The molecule has 0 saturated heterocycles.